The molecule has 0 aliphatic carbocycles. The number of carbonyl (C=O) groups excluding carboxylic acids is 2. The first-order valence-electron chi connectivity index (χ1n) is 12.8. The van der Waals surface area contributed by atoms with Crippen LogP contribution in [0.1, 0.15) is 45.9 Å². The van der Waals surface area contributed by atoms with Crippen LogP contribution in [0.5, 0.6) is 11.5 Å². The molecular formula is C32H29FN2O4. The molecule has 2 amide bonds. The largest absolute Gasteiger partial charge is 0.497 e. The molecule has 2 atom stereocenters. The molecule has 39 heavy (non-hydrogen) atoms. The Hall–Kier alpha value is -4.65. The average molecular weight is 525 g/mol. The summed E-state index contributed by atoms with van der Waals surface area (Å²) in [6.07, 6.45) is 0. The van der Waals surface area contributed by atoms with Gasteiger partial charge in [0.05, 0.1) is 25.7 Å². The van der Waals surface area contributed by atoms with Crippen molar-refractivity contribution in [1.29, 1.82) is 0 Å². The predicted octanol–water partition coefficient (Wildman–Crippen LogP) is 6.35. The van der Waals surface area contributed by atoms with E-state index in [9.17, 15) is 14.0 Å². The van der Waals surface area contributed by atoms with Crippen LogP contribution in [0.4, 0.5) is 10.1 Å². The van der Waals surface area contributed by atoms with Crippen LogP contribution in [0.15, 0.2) is 97.1 Å². The predicted molar refractivity (Wildman–Crippen MR) is 147 cm³/mol. The number of methoxy groups -OCH3 is 1. The zero-order valence-corrected chi connectivity index (χ0v) is 21.8. The third-order valence-electron chi connectivity index (χ3n) is 6.88. The maximum absolute atomic E-state index is 14.0. The molecule has 0 saturated carbocycles. The van der Waals surface area contributed by atoms with Crippen molar-refractivity contribution in [3.8, 4) is 11.5 Å². The van der Waals surface area contributed by atoms with Crippen LogP contribution >= 0.6 is 0 Å². The summed E-state index contributed by atoms with van der Waals surface area (Å²) in [6.45, 7) is 2.66. The van der Waals surface area contributed by atoms with E-state index in [4.69, 9.17) is 9.47 Å². The molecule has 1 aliphatic heterocycles. The van der Waals surface area contributed by atoms with E-state index in [1.807, 2.05) is 43.3 Å². The molecule has 0 saturated heterocycles. The zero-order valence-electron chi connectivity index (χ0n) is 21.8. The van der Waals surface area contributed by atoms with E-state index in [2.05, 4.69) is 5.32 Å². The second-order valence-electron chi connectivity index (χ2n) is 9.29. The van der Waals surface area contributed by atoms with Gasteiger partial charge in [0.2, 0.25) is 5.91 Å². The zero-order chi connectivity index (χ0) is 27.4. The summed E-state index contributed by atoms with van der Waals surface area (Å²) in [5, 5.41) is 3.04. The summed E-state index contributed by atoms with van der Waals surface area (Å²) in [7, 11) is 1.59. The normalized spacial score (nSPS) is 16.4. The Morgan fingerprint density at radius 2 is 1.56 bits per heavy atom. The Labute approximate surface area is 227 Å². The molecule has 4 aromatic carbocycles. The van der Waals surface area contributed by atoms with Gasteiger partial charge in [0.25, 0.3) is 5.91 Å². The van der Waals surface area contributed by atoms with Crippen molar-refractivity contribution in [3.05, 3.63) is 125 Å². The maximum Gasteiger partial charge on any atom is 0.255 e. The number of nitrogens with zero attached hydrogens (tertiary/aromatic N) is 1. The number of hydrogen-bond acceptors (Lipinski definition) is 4. The number of benzene rings is 4. The van der Waals surface area contributed by atoms with Gasteiger partial charge in [-0.2, -0.15) is 0 Å². The van der Waals surface area contributed by atoms with Crippen molar-refractivity contribution in [2.24, 2.45) is 0 Å². The Bertz CT molecular complexity index is 1450. The second kappa shape index (κ2) is 11.4. The SMILES string of the molecule is CCOc1ccc(NC(=O)C2c3ccccc3C(=O)N(Cc3ccc(F)cc3)C2c2ccc(OC)cc2)cc1. The minimum atomic E-state index is -0.709. The average Bonchev–Trinajstić information content (AvgIpc) is 2.96. The number of ether oxygens (including phenoxy) is 2. The fourth-order valence-corrected chi connectivity index (χ4v) is 5.03. The molecule has 1 N–H and O–H groups in total. The number of anilines is 1. The lowest BCUT2D eigenvalue weighted by Crippen LogP contribution is -2.45. The molecule has 0 radical (unpaired) electrons. The van der Waals surface area contributed by atoms with Crippen molar-refractivity contribution in [2.75, 3.05) is 19.0 Å². The van der Waals surface area contributed by atoms with E-state index >= 15 is 0 Å². The minimum absolute atomic E-state index is 0.194. The molecule has 0 fully saturated rings. The van der Waals surface area contributed by atoms with Crippen LogP contribution < -0.4 is 14.8 Å². The van der Waals surface area contributed by atoms with Crippen molar-refractivity contribution in [3.63, 3.8) is 0 Å². The van der Waals surface area contributed by atoms with E-state index in [0.29, 0.717) is 34.9 Å². The fraction of sp³-hybridized carbons (Fsp3) is 0.188. The number of fused-ring (bicyclic) bond motifs is 1. The highest BCUT2D eigenvalue weighted by molar-refractivity contribution is 6.04. The van der Waals surface area contributed by atoms with E-state index in [1.165, 1.54) is 12.1 Å². The van der Waals surface area contributed by atoms with E-state index < -0.39 is 12.0 Å². The molecule has 0 bridgehead atoms. The first kappa shape index (κ1) is 26.0. The van der Waals surface area contributed by atoms with Gasteiger partial charge < -0.3 is 19.7 Å². The molecule has 1 aliphatic rings. The van der Waals surface area contributed by atoms with E-state index in [-0.39, 0.29) is 24.2 Å². The maximum atomic E-state index is 14.0. The van der Waals surface area contributed by atoms with Crippen LogP contribution in [0.2, 0.25) is 0 Å². The number of carbonyl (C=O) groups is 2. The smallest absolute Gasteiger partial charge is 0.255 e. The third kappa shape index (κ3) is 5.48. The van der Waals surface area contributed by atoms with Crippen LogP contribution in [0.25, 0.3) is 0 Å². The molecule has 0 spiro atoms. The molecule has 6 nitrogen and oxygen atoms in total. The second-order valence-corrected chi connectivity index (χ2v) is 9.29. The van der Waals surface area contributed by atoms with Crippen molar-refractivity contribution in [1.82, 2.24) is 4.90 Å². The highest BCUT2D eigenvalue weighted by Crippen LogP contribution is 2.44. The summed E-state index contributed by atoms with van der Waals surface area (Å²) < 4.78 is 24.5. The monoisotopic (exact) mass is 524 g/mol. The van der Waals surface area contributed by atoms with Gasteiger partial charge in [-0.25, -0.2) is 4.39 Å². The Morgan fingerprint density at radius 1 is 0.897 bits per heavy atom. The Kier molecular flexibility index (Phi) is 7.59. The third-order valence-corrected chi connectivity index (χ3v) is 6.88. The summed E-state index contributed by atoms with van der Waals surface area (Å²) in [5.74, 6) is -0.120. The lowest BCUT2D eigenvalue weighted by atomic mass is 9.79. The fourth-order valence-electron chi connectivity index (χ4n) is 5.03. The Balaban J connectivity index is 1.58. The summed E-state index contributed by atoms with van der Waals surface area (Å²) in [4.78, 5) is 29.6. The summed E-state index contributed by atoms with van der Waals surface area (Å²) in [5.41, 5.74) is 3.29. The molecule has 198 valence electrons. The summed E-state index contributed by atoms with van der Waals surface area (Å²) >= 11 is 0. The number of hydrogen-bond donors (Lipinski definition) is 1. The molecule has 0 aromatic heterocycles. The van der Waals surface area contributed by atoms with Gasteiger partial charge in [0.1, 0.15) is 17.3 Å². The molecule has 5 rings (SSSR count). The van der Waals surface area contributed by atoms with Crippen LogP contribution in [0, 0.1) is 5.82 Å². The van der Waals surface area contributed by atoms with Gasteiger partial charge in [-0.15, -0.1) is 0 Å². The van der Waals surface area contributed by atoms with Gasteiger partial charge >= 0.3 is 0 Å². The first-order valence-corrected chi connectivity index (χ1v) is 12.8. The van der Waals surface area contributed by atoms with Gasteiger partial charge in [-0.3, -0.25) is 9.59 Å². The first-order chi connectivity index (χ1) is 19.0. The topological polar surface area (TPSA) is 67.9 Å². The van der Waals surface area contributed by atoms with Crippen LogP contribution in [-0.2, 0) is 11.3 Å². The van der Waals surface area contributed by atoms with Crippen molar-refractivity contribution < 1.29 is 23.5 Å². The lowest BCUT2D eigenvalue weighted by Gasteiger charge is -2.42. The van der Waals surface area contributed by atoms with Crippen molar-refractivity contribution in [2.45, 2.75) is 25.4 Å². The number of nitrogens with one attached hydrogen (secondary N) is 1. The number of halogens is 1. The van der Waals surface area contributed by atoms with Gasteiger partial charge in [-0.05, 0) is 78.2 Å². The minimum Gasteiger partial charge on any atom is -0.497 e. The van der Waals surface area contributed by atoms with Crippen molar-refractivity contribution >= 4 is 17.5 Å². The molecule has 2 unspecified atom stereocenters. The highest BCUT2D eigenvalue weighted by Gasteiger charge is 2.44. The number of amides is 2. The Morgan fingerprint density at radius 3 is 2.23 bits per heavy atom. The molecule has 7 heteroatoms. The molecular weight excluding hydrogens is 495 g/mol. The highest BCUT2D eigenvalue weighted by atomic mass is 19.1. The van der Waals surface area contributed by atoms with E-state index in [1.54, 1.807) is 60.5 Å². The standard InChI is InChI=1S/C32H29FN2O4/c1-3-39-26-18-14-24(15-19-26)34-31(36)29-27-6-4-5-7-28(27)32(37)35(20-21-8-12-23(33)13-9-21)30(29)22-10-16-25(38-2)17-11-22/h4-19,29-30H,3,20H2,1-2H3,(H,34,36). The lowest BCUT2D eigenvalue weighted by molar-refractivity contribution is -0.119. The quantitative estimate of drug-likeness (QED) is 0.292. The van der Waals surface area contributed by atoms with Gasteiger partial charge in [0.15, 0.2) is 0 Å². The summed E-state index contributed by atoms with van der Waals surface area (Å²) in [6, 6.07) is 27.2. The van der Waals surface area contributed by atoms with Gasteiger partial charge in [-0.1, -0.05) is 42.5 Å². The molecule has 1 heterocycles. The number of rotatable bonds is 8. The molecule has 4 aromatic rings. The van der Waals surface area contributed by atoms with E-state index in [0.717, 1.165) is 11.1 Å². The van der Waals surface area contributed by atoms with Gasteiger partial charge in [0, 0.05) is 17.8 Å². The van der Waals surface area contributed by atoms with Crippen LogP contribution in [0.3, 0.4) is 0 Å². The van der Waals surface area contributed by atoms with Crippen LogP contribution in [-0.4, -0.2) is 30.4 Å².